The minimum Gasteiger partial charge on any atom is -0.354 e. The molecule has 3 aromatic heterocycles. The van der Waals surface area contributed by atoms with Crippen molar-refractivity contribution in [3.63, 3.8) is 0 Å². The van der Waals surface area contributed by atoms with Gasteiger partial charge in [0.1, 0.15) is 0 Å². The number of thioether (sulfide) groups is 1. The molecule has 0 spiro atoms. The molecule has 7 heteroatoms. The summed E-state index contributed by atoms with van der Waals surface area (Å²) < 4.78 is 0. The predicted octanol–water partition coefficient (Wildman–Crippen LogP) is 4.99. The van der Waals surface area contributed by atoms with Gasteiger partial charge in [0.15, 0.2) is 11.6 Å². The maximum atomic E-state index is 13.2. The second-order valence-electron chi connectivity index (χ2n) is 6.70. The highest BCUT2D eigenvalue weighted by Gasteiger charge is 2.20. The van der Waals surface area contributed by atoms with Crippen molar-refractivity contribution < 1.29 is 4.79 Å². The van der Waals surface area contributed by atoms with Crippen LogP contribution in [0, 0.1) is 0 Å². The molecular formula is C23H17N5OS. The van der Waals surface area contributed by atoms with Crippen molar-refractivity contribution in [3.8, 4) is 22.6 Å². The molecule has 0 fully saturated rings. The van der Waals surface area contributed by atoms with Crippen LogP contribution in [0.15, 0.2) is 84.3 Å². The highest BCUT2D eigenvalue weighted by molar-refractivity contribution is 7.99. The molecule has 0 aliphatic heterocycles. The van der Waals surface area contributed by atoms with Gasteiger partial charge in [-0.3, -0.25) is 14.9 Å². The second kappa shape index (κ2) is 7.96. The number of nitrogens with zero attached hydrogens (tertiary/aromatic N) is 3. The number of pyridine rings is 1. The van der Waals surface area contributed by atoms with Crippen LogP contribution in [0.1, 0.15) is 10.4 Å². The van der Waals surface area contributed by atoms with Gasteiger partial charge in [0.25, 0.3) is 0 Å². The Morgan fingerprint density at radius 1 is 0.900 bits per heavy atom. The third kappa shape index (κ3) is 3.51. The van der Waals surface area contributed by atoms with Gasteiger partial charge in [-0.1, -0.05) is 60.3 Å². The van der Waals surface area contributed by atoms with Gasteiger partial charge >= 0.3 is 0 Å². The molecule has 0 unspecified atom stereocenters. The van der Waals surface area contributed by atoms with Crippen LogP contribution in [-0.2, 0) is 0 Å². The van der Waals surface area contributed by atoms with Crippen LogP contribution < -0.4 is 0 Å². The Hall–Kier alpha value is -3.71. The molecular weight excluding hydrogens is 394 g/mol. The smallest absolute Gasteiger partial charge is 0.209 e. The molecule has 5 rings (SSSR count). The van der Waals surface area contributed by atoms with E-state index in [-0.39, 0.29) is 11.5 Å². The molecule has 5 aromatic rings. The minimum atomic E-state index is 0.0339. The lowest BCUT2D eigenvalue weighted by molar-refractivity contribution is 0.102. The molecule has 0 radical (unpaired) electrons. The summed E-state index contributed by atoms with van der Waals surface area (Å²) in [5.41, 5.74) is 4.38. The number of carbonyl (C=O) groups is 1. The number of nitrogens with one attached hydrogen (secondary N) is 2. The maximum Gasteiger partial charge on any atom is 0.209 e. The van der Waals surface area contributed by atoms with Crippen LogP contribution in [0.4, 0.5) is 0 Å². The van der Waals surface area contributed by atoms with Gasteiger partial charge in [0.05, 0.1) is 17.0 Å². The summed E-state index contributed by atoms with van der Waals surface area (Å²) in [5.74, 6) is 0.936. The van der Waals surface area contributed by atoms with Crippen LogP contribution in [0.3, 0.4) is 0 Å². The molecule has 6 nitrogen and oxygen atoms in total. The summed E-state index contributed by atoms with van der Waals surface area (Å²) in [6, 6.07) is 21.5. The van der Waals surface area contributed by atoms with Crippen LogP contribution in [0.25, 0.3) is 33.5 Å². The van der Waals surface area contributed by atoms with Crippen molar-refractivity contribution in [1.29, 1.82) is 0 Å². The van der Waals surface area contributed by atoms with E-state index < -0.39 is 0 Å². The van der Waals surface area contributed by atoms with Crippen molar-refractivity contribution in [2.75, 3.05) is 5.75 Å². The minimum absolute atomic E-state index is 0.0339. The van der Waals surface area contributed by atoms with E-state index in [1.165, 1.54) is 11.8 Å². The third-order valence-electron chi connectivity index (χ3n) is 4.80. The first-order chi connectivity index (χ1) is 14.8. The van der Waals surface area contributed by atoms with Crippen molar-refractivity contribution >= 4 is 28.4 Å². The molecule has 146 valence electrons. The number of Topliss-reactive ketones (excluding diaryl/α,β-unsaturated/α-hetero) is 1. The zero-order valence-electron chi connectivity index (χ0n) is 15.9. The summed E-state index contributed by atoms with van der Waals surface area (Å²) >= 11 is 1.32. The van der Waals surface area contributed by atoms with Crippen molar-refractivity contribution in [3.05, 3.63) is 84.7 Å². The number of H-pyrrole nitrogens is 2. The predicted molar refractivity (Wildman–Crippen MR) is 118 cm³/mol. The topological polar surface area (TPSA) is 87.3 Å². The number of para-hydroxylation sites is 1. The van der Waals surface area contributed by atoms with E-state index >= 15 is 0 Å². The molecule has 0 atom stereocenters. The number of carbonyl (C=O) groups excluding carboxylic acids is 1. The highest BCUT2D eigenvalue weighted by Crippen LogP contribution is 2.32. The molecule has 0 aliphatic rings. The van der Waals surface area contributed by atoms with Gasteiger partial charge in [0.2, 0.25) is 5.16 Å². The van der Waals surface area contributed by atoms with Crippen LogP contribution in [0.2, 0.25) is 0 Å². The standard InChI is InChI=1S/C23H17N5OS/c29-19(14-30-23-26-22(27-28-23)16-10-12-24-13-11-16)20-17-8-4-5-9-18(17)25-21(20)15-6-2-1-3-7-15/h1-13,25H,14H2,(H,26,27,28). The van der Waals surface area contributed by atoms with Gasteiger partial charge in [0, 0.05) is 28.9 Å². The number of hydrogen-bond donors (Lipinski definition) is 2. The number of hydrogen-bond acceptors (Lipinski definition) is 5. The Kier molecular flexibility index (Phi) is 4.86. The molecule has 0 amide bonds. The average molecular weight is 411 g/mol. The summed E-state index contributed by atoms with van der Waals surface area (Å²) in [6.45, 7) is 0. The monoisotopic (exact) mass is 411 g/mol. The fraction of sp³-hybridized carbons (Fsp3) is 0.0435. The Morgan fingerprint density at radius 2 is 1.67 bits per heavy atom. The fourth-order valence-electron chi connectivity index (χ4n) is 3.41. The number of rotatable bonds is 6. The normalized spacial score (nSPS) is 11.1. The van der Waals surface area contributed by atoms with E-state index in [0.717, 1.165) is 27.7 Å². The number of fused-ring (bicyclic) bond motifs is 1. The molecule has 0 saturated carbocycles. The lowest BCUT2D eigenvalue weighted by atomic mass is 10.0. The molecule has 2 aromatic carbocycles. The first kappa shape index (κ1) is 18.3. The molecule has 0 aliphatic carbocycles. The van der Waals surface area contributed by atoms with Gasteiger partial charge < -0.3 is 4.98 Å². The van der Waals surface area contributed by atoms with Gasteiger partial charge in [-0.05, 0) is 23.8 Å². The van der Waals surface area contributed by atoms with Gasteiger partial charge in [-0.25, -0.2) is 4.98 Å². The average Bonchev–Trinajstić information content (AvgIpc) is 3.44. The van der Waals surface area contributed by atoms with E-state index in [0.29, 0.717) is 16.5 Å². The quantitative estimate of drug-likeness (QED) is 0.304. The van der Waals surface area contributed by atoms with Crippen LogP contribution >= 0.6 is 11.8 Å². The lowest BCUT2D eigenvalue weighted by Gasteiger charge is -2.04. The van der Waals surface area contributed by atoms with Crippen molar-refractivity contribution in [1.82, 2.24) is 25.1 Å². The molecule has 30 heavy (non-hydrogen) atoms. The SMILES string of the molecule is O=C(CSc1n[nH]c(-c2ccncc2)n1)c1c(-c2ccccc2)[nH]c2ccccc12. The van der Waals surface area contributed by atoms with E-state index in [9.17, 15) is 4.79 Å². The third-order valence-corrected chi connectivity index (χ3v) is 5.65. The van der Waals surface area contributed by atoms with E-state index in [4.69, 9.17) is 0 Å². The number of aromatic nitrogens is 5. The second-order valence-corrected chi connectivity index (χ2v) is 7.64. The summed E-state index contributed by atoms with van der Waals surface area (Å²) in [5, 5.41) is 8.62. The van der Waals surface area contributed by atoms with Gasteiger partial charge in [-0.2, -0.15) is 0 Å². The van der Waals surface area contributed by atoms with E-state index in [1.807, 2.05) is 66.7 Å². The fourth-order valence-corrected chi connectivity index (χ4v) is 4.08. The first-order valence-electron chi connectivity index (χ1n) is 9.44. The van der Waals surface area contributed by atoms with Gasteiger partial charge in [-0.15, -0.1) is 5.10 Å². The van der Waals surface area contributed by atoms with Crippen LogP contribution in [-0.4, -0.2) is 36.7 Å². The number of aromatic amines is 2. The molecule has 0 bridgehead atoms. The number of benzene rings is 2. The summed E-state index contributed by atoms with van der Waals surface area (Å²) in [4.78, 5) is 25.2. The van der Waals surface area contributed by atoms with Crippen molar-refractivity contribution in [2.45, 2.75) is 5.16 Å². The zero-order chi connectivity index (χ0) is 20.3. The lowest BCUT2D eigenvalue weighted by Crippen LogP contribution is -2.04. The Bertz CT molecular complexity index is 1310. The van der Waals surface area contributed by atoms with E-state index in [2.05, 4.69) is 25.1 Å². The maximum absolute atomic E-state index is 13.2. The molecule has 2 N–H and O–H groups in total. The largest absolute Gasteiger partial charge is 0.354 e. The van der Waals surface area contributed by atoms with Crippen molar-refractivity contribution in [2.24, 2.45) is 0 Å². The molecule has 0 saturated heterocycles. The zero-order valence-corrected chi connectivity index (χ0v) is 16.7. The highest BCUT2D eigenvalue weighted by atomic mass is 32.2. The Labute approximate surface area is 176 Å². The molecule has 3 heterocycles. The Morgan fingerprint density at radius 3 is 2.50 bits per heavy atom. The first-order valence-corrected chi connectivity index (χ1v) is 10.4. The number of ketones is 1. The van der Waals surface area contributed by atoms with Crippen LogP contribution in [0.5, 0.6) is 0 Å². The summed E-state index contributed by atoms with van der Waals surface area (Å²) in [7, 11) is 0. The van der Waals surface area contributed by atoms with E-state index in [1.54, 1.807) is 12.4 Å². The summed E-state index contributed by atoms with van der Waals surface area (Å²) in [6.07, 6.45) is 3.41. The Balaban J connectivity index is 1.42.